The maximum atomic E-state index is 11.7. The number of rotatable bonds is 4. The van der Waals surface area contributed by atoms with Gasteiger partial charge in [-0.15, -0.1) is 0 Å². The van der Waals surface area contributed by atoms with Gasteiger partial charge in [-0.05, 0) is 32.1 Å². The highest BCUT2D eigenvalue weighted by atomic mass is 16.5. The van der Waals surface area contributed by atoms with Gasteiger partial charge in [0.1, 0.15) is 0 Å². The van der Waals surface area contributed by atoms with Crippen LogP contribution in [0.2, 0.25) is 0 Å². The minimum absolute atomic E-state index is 0.224. The molecule has 1 amide bonds. The quantitative estimate of drug-likeness (QED) is 0.798. The molecule has 1 saturated heterocycles. The molecule has 92 valence electrons. The molecule has 2 rings (SSSR count). The van der Waals surface area contributed by atoms with Gasteiger partial charge in [-0.3, -0.25) is 4.79 Å². The zero-order valence-corrected chi connectivity index (χ0v) is 10.0. The lowest BCUT2D eigenvalue weighted by atomic mass is 9.95. The van der Waals surface area contributed by atoms with Crippen molar-refractivity contribution >= 4 is 5.91 Å². The first kappa shape index (κ1) is 11.9. The largest absolute Gasteiger partial charge is 0.378 e. The monoisotopic (exact) mass is 225 g/mol. The fraction of sp³-hybridized carbons (Fsp3) is 0.923. The van der Waals surface area contributed by atoms with Gasteiger partial charge in [0.05, 0.1) is 6.10 Å². The predicted octanol–water partition coefficient (Wildman–Crippen LogP) is 2.39. The van der Waals surface area contributed by atoms with E-state index < -0.39 is 0 Å². The van der Waals surface area contributed by atoms with E-state index in [9.17, 15) is 4.79 Å². The van der Waals surface area contributed by atoms with Crippen LogP contribution in [0.15, 0.2) is 0 Å². The van der Waals surface area contributed by atoms with E-state index in [2.05, 4.69) is 5.32 Å². The molecule has 1 aliphatic carbocycles. The number of ether oxygens (including phenoxy) is 1. The highest BCUT2D eigenvalue weighted by Crippen LogP contribution is 2.19. The number of nitrogens with one attached hydrogen (secondary N) is 1. The second kappa shape index (κ2) is 6.24. The summed E-state index contributed by atoms with van der Waals surface area (Å²) < 4.78 is 5.51. The molecule has 16 heavy (non-hydrogen) atoms. The predicted molar refractivity (Wildman–Crippen MR) is 63.2 cm³/mol. The zero-order valence-electron chi connectivity index (χ0n) is 10.0. The second-order valence-corrected chi connectivity index (χ2v) is 5.08. The van der Waals surface area contributed by atoms with Gasteiger partial charge in [-0.25, -0.2) is 0 Å². The van der Waals surface area contributed by atoms with Gasteiger partial charge in [0.2, 0.25) is 5.91 Å². The van der Waals surface area contributed by atoms with Gasteiger partial charge >= 0.3 is 0 Å². The molecule has 1 N–H and O–H groups in total. The molecule has 0 aromatic heterocycles. The number of hydrogen-bond donors (Lipinski definition) is 1. The molecule has 0 unspecified atom stereocenters. The average Bonchev–Trinajstić information content (AvgIpc) is 2.81. The molecule has 1 saturated carbocycles. The molecular weight excluding hydrogens is 202 g/mol. The van der Waals surface area contributed by atoms with Crippen molar-refractivity contribution in [1.29, 1.82) is 0 Å². The third-order valence-corrected chi connectivity index (χ3v) is 3.69. The van der Waals surface area contributed by atoms with Gasteiger partial charge in [0.15, 0.2) is 0 Å². The zero-order chi connectivity index (χ0) is 11.2. The van der Waals surface area contributed by atoms with Crippen molar-refractivity contribution in [3.05, 3.63) is 0 Å². The van der Waals surface area contributed by atoms with Crippen molar-refractivity contribution in [2.45, 2.75) is 69.9 Å². The minimum Gasteiger partial charge on any atom is -0.378 e. The van der Waals surface area contributed by atoms with Gasteiger partial charge in [-0.2, -0.15) is 0 Å². The molecule has 0 aromatic carbocycles. The molecule has 2 fully saturated rings. The van der Waals surface area contributed by atoms with Crippen LogP contribution in [0.3, 0.4) is 0 Å². The van der Waals surface area contributed by atoms with E-state index in [4.69, 9.17) is 4.74 Å². The highest BCUT2D eigenvalue weighted by molar-refractivity contribution is 5.76. The van der Waals surface area contributed by atoms with Crippen LogP contribution in [0.1, 0.15) is 57.8 Å². The Labute approximate surface area is 97.9 Å². The van der Waals surface area contributed by atoms with Crippen LogP contribution in [0, 0.1) is 0 Å². The summed E-state index contributed by atoms with van der Waals surface area (Å²) in [6.07, 6.45) is 10.4. The SMILES string of the molecule is O=C(CC[C@H]1CCCO1)NC1CCCCC1. The third-order valence-electron chi connectivity index (χ3n) is 3.69. The van der Waals surface area contributed by atoms with E-state index in [1.54, 1.807) is 0 Å². The van der Waals surface area contributed by atoms with Crippen LogP contribution in [-0.2, 0) is 9.53 Å². The molecule has 0 aromatic rings. The fourth-order valence-electron chi connectivity index (χ4n) is 2.71. The van der Waals surface area contributed by atoms with Crippen LogP contribution in [0.4, 0.5) is 0 Å². The van der Waals surface area contributed by atoms with Crippen LogP contribution in [-0.4, -0.2) is 24.7 Å². The van der Waals surface area contributed by atoms with E-state index in [0.29, 0.717) is 18.6 Å². The van der Waals surface area contributed by atoms with Gasteiger partial charge < -0.3 is 10.1 Å². The smallest absolute Gasteiger partial charge is 0.220 e. The van der Waals surface area contributed by atoms with Crippen molar-refractivity contribution < 1.29 is 9.53 Å². The number of carbonyl (C=O) groups is 1. The van der Waals surface area contributed by atoms with E-state index >= 15 is 0 Å². The summed E-state index contributed by atoms with van der Waals surface area (Å²) in [5.74, 6) is 0.224. The Morgan fingerprint density at radius 2 is 1.94 bits per heavy atom. The lowest BCUT2D eigenvalue weighted by Gasteiger charge is -2.23. The first-order valence-electron chi connectivity index (χ1n) is 6.75. The van der Waals surface area contributed by atoms with Crippen LogP contribution in [0.25, 0.3) is 0 Å². The molecule has 0 radical (unpaired) electrons. The summed E-state index contributed by atoms with van der Waals surface area (Å²) >= 11 is 0. The van der Waals surface area contributed by atoms with Crippen molar-refractivity contribution in [2.75, 3.05) is 6.61 Å². The molecule has 1 aliphatic heterocycles. The van der Waals surface area contributed by atoms with Gasteiger partial charge in [0, 0.05) is 19.1 Å². The van der Waals surface area contributed by atoms with Crippen molar-refractivity contribution in [3.63, 3.8) is 0 Å². The standard InChI is InChI=1S/C13H23NO2/c15-13(9-8-12-7-4-10-16-12)14-11-5-2-1-3-6-11/h11-12H,1-10H2,(H,14,15)/t12-/m1/s1. The van der Waals surface area contributed by atoms with Crippen molar-refractivity contribution in [3.8, 4) is 0 Å². The Morgan fingerprint density at radius 3 is 2.62 bits per heavy atom. The van der Waals surface area contributed by atoms with Crippen LogP contribution in [0.5, 0.6) is 0 Å². The average molecular weight is 225 g/mol. The van der Waals surface area contributed by atoms with E-state index in [1.807, 2.05) is 0 Å². The first-order valence-corrected chi connectivity index (χ1v) is 6.75. The number of carbonyl (C=O) groups excluding carboxylic acids is 1. The normalized spacial score (nSPS) is 26.9. The van der Waals surface area contributed by atoms with Crippen LogP contribution < -0.4 is 5.32 Å². The molecular formula is C13H23NO2. The Morgan fingerprint density at radius 1 is 1.12 bits per heavy atom. The molecule has 1 atom stereocenters. The second-order valence-electron chi connectivity index (χ2n) is 5.08. The molecule has 3 nitrogen and oxygen atoms in total. The topological polar surface area (TPSA) is 38.3 Å². The molecule has 2 aliphatic rings. The summed E-state index contributed by atoms with van der Waals surface area (Å²) in [7, 11) is 0. The molecule has 3 heteroatoms. The van der Waals surface area contributed by atoms with Crippen molar-refractivity contribution in [1.82, 2.24) is 5.32 Å². The molecule has 0 bridgehead atoms. The molecule has 1 heterocycles. The highest BCUT2D eigenvalue weighted by Gasteiger charge is 2.19. The number of hydrogen-bond acceptors (Lipinski definition) is 2. The van der Waals surface area contributed by atoms with E-state index in [1.165, 1.54) is 32.1 Å². The van der Waals surface area contributed by atoms with E-state index in [0.717, 1.165) is 25.9 Å². The Kier molecular flexibility index (Phi) is 4.64. The minimum atomic E-state index is 0.224. The lowest BCUT2D eigenvalue weighted by Crippen LogP contribution is -2.36. The maximum absolute atomic E-state index is 11.7. The summed E-state index contributed by atoms with van der Waals surface area (Å²) in [5, 5.41) is 3.15. The fourth-order valence-corrected chi connectivity index (χ4v) is 2.71. The number of amides is 1. The Balaban J connectivity index is 1.59. The Hall–Kier alpha value is -0.570. The van der Waals surface area contributed by atoms with E-state index in [-0.39, 0.29) is 5.91 Å². The third kappa shape index (κ3) is 3.78. The lowest BCUT2D eigenvalue weighted by molar-refractivity contribution is -0.122. The Bertz CT molecular complexity index is 218. The van der Waals surface area contributed by atoms with Gasteiger partial charge in [-0.1, -0.05) is 19.3 Å². The summed E-state index contributed by atoms with van der Waals surface area (Å²) in [5.41, 5.74) is 0. The van der Waals surface area contributed by atoms with Crippen LogP contribution >= 0.6 is 0 Å². The molecule has 0 spiro atoms. The summed E-state index contributed by atoms with van der Waals surface area (Å²) in [6, 6.07) is 0.450. The summed E-state index contributed by atoms with van der Waals surface area (Å²) in [4.78, 5) is 11.7. The van der Waals surface area contributed by atoms with Crippen molar-refractivity contribution in [2.24, 2.45) is 0 Å². The maximum Gasteiger partial charge on any atom is 0.220 e. The van der Waals surface area contributed by atoms with Gasteiger partial charge in [0.25, 0.3) is 0 Å². The summed E-state index contributed by atoms with van der Waals surface area (Å²) in [6.45, 7) is 0.884. The first-order chi connectivity index (χ1) is 7.84.